The van der Waals surface area contributed by atoms with E-state index in [4.69, 9.17) is 0 Å². The molecule has 0 unspecified atom stereocenters. The van der Waals surface area contributed by atoms with Gasteiger partial charge in [0.1, 0.15) is 0 Å². The SMILES string of the molecule is OCCC(Cc1ccccc1)Cc1ccccc1. The molecule has 0 bridgehead atoms. The van der Waals surface area contributed by atoms with E-state index in [-0.39, 0.29) is 6.61 Å². The number of aliphatic hydroxyl groups is 1. The van der Waals surface area contributed by atoms with Crippen LogP contribution in [0.5, 0.6) is 0 Å². The summed E-state index contributed by atoms with van der Waals surface area (Å²) in [5.41, 5.74) is 2.71. The second-order valence-electron chi connectivity index (χ2n) is 4.76. The van der Waals surface area contributed by atoms with Crippen LogP contribution in [0.25, 0.3) is 0 Å². The van der Waals surface area contributed by atoms with Crippen LogP contribution in [0.3, 0.4) is 0 Å². The highest BCUT2D eigenvalue weighted by Crippen LogP contribution is 2.17. The van der Waals surface area contributed by atoms with Gasteiger partial charge in [-0.05, 0) is 36.3 Å². The third kappa shape index (κ3) is 4.01. The van der Waals surface area contributed by atoms with E-state index in [1.807, 2.05) is 12.1 Å². The van der Waals surface area contributed by atoms with Crippen molar-refractivity contribution in [1.82, 2.24) is 0 Å². The average Bonchev–Trinajstić information content (AvgIpc) is 2.41. The molecule has 1 heteroatoms. The molecule has 0 aliphatic carbocycles. The van der Waals surface area contributed by atoms with E-state index < -0.39 is 0 Å². The van der Waals surface area contributed by atoms with Gasteiger partial charge in [0.15, 0.2) is 0 Å². The number of rotatable bonds is 6. The van der Waals surface area contributed by atoms with Crippen molar-refractivity contribution >= 4 is 0 Å². The Morgan fingerprint density at radius 1 is 0.722 bits per heavy atom. The van der Waals surface area contributed by atoms with Crippen molar-refractivity contribution in [3.8, 4) is 0 Å². The molecule has 0 spiro atoms. The van der Waals surface area contributed by atoms with Gasteiger partial charge in [-0.15, -0.1) is 0 Å². The molecule has 0 saturated carbocycles. The Morgan fingerprint density at radius 3 is 1.56 bits per heavy atom. The van der Waals surface area contributed by atoms with Crippen LogP contribution in [-0.2, 0) is 12.8 Å². The molecule has 0 aliphatic heterocycles. The van der Waals surface area contributed by atoms with Crippen LogP contribution in [0.4, 0.5) is 0 Å². The molecular weight excluding hydrogens is 220 g/mol. The van der Waals surface area contributed by atoms with Gasteiger partial charge in [-0.1, -0.05) is 60.7 Å². The van der Waals surface area contributed by atoms with E-state index in [9.17, 15) is 5.11 Å². The maximum atomic E-state index is 9.19. The molecule has 1 nitrogen and oxygen atoms in total. The van der Waals surface area contributed by atoms with E-state index in [0.29, 0.717) is 5.92 Å². The third-order valence-electron chi connectivity index (χ3n) is 3.27. The lowest BCUT2D eigenvalue weighted by atomic mass is 9.90. The second-order valence-corrected chi connectivity index (χ2v) is 4.76. The average molecular weight is 240 g/mol. The van der Waals surface area contributed by atoms with E-state index in [0.717, 1.165) is 19.3 Å². The summed E-state index contributed by atoms with van der Waals surface area (Å²) in [4.78, 5) is 0. The van der Waals surface area contributed by atoms with Gasteiger partial charge < -0.3 is 5.11 Å². The van der Waals surface area contributed by atoms with E-state index in [2.05, 4.69) is 48.5 Å². The summed E-state index contributed by atoms with van der Waals surface area (Å²) in [6.45, 7) is 0.268. The van der Waals surface area contributed by atoms with Gasteiger partial charge >= 0.3 is 0 Å². The van der Waals surface area contributed by atoms with Crippen molar-refractivity contribution in [1.29, 1.82) is 0 Å². The molecule has 0 aromatic heterocycles. The molecule has 0 fully saturated rings. The summed E-state index contributed by atoms with van der Waals surface area (Å²) in [7, 11) is 0. The van der Waals surface area contributed by atoms with Crippen LogP contribution in [0.15, 0.2) is 60.7 Å². The summed E-state index contributed by atoms with van der Waals surface area (Å²) in [6.07, 6.45) is 2.94. The zero-order valence-corrected chi connectivity index (χ0v) is 10.6. The highest BCUT2D eigenvalue weighted by molar-refractivity contribution is 5.18. The number of hydrogen-bond acceptors (Lipinski definition) is 1. The molecule has 2 rings (SSSR count). The van der Waals surface area contributed by atoms with Crippen molar-refractivity contribution in [2.45, 2.75) is 19.3 Å². The van der Waals surface area contributed by atoms with Crippen LogP contribution < -0.4 is 0 Å². The zero-order chi connectivity index (χ0) is 12.6. The lowest BCUT2D eigenvalue weighted by molar-refractivity contribution is 0.255. The van der Waals surface area contributed by atoms with Crippen LogP contribution in [0.1, 0.15) is 17.5 Å². The molecule has 0 aliphatic rings. The normalized spacial score (nSPS) is 10.8. The third-order valence-corrected chi connectivity index (χ3v) is 3.27. The molecule has 2 aromatic rings. The lowest BCUT2D eigenvalue weighted by Gasteiger charge is -2.16. The molecule has 1 N–H and O–H groups in total. The van der Waals surface area contributed by atoms with Crippen molar-refractivity contribution in [2.24, 2.45) is 5.92 Å². The van der Waals surface area contributed by atoms with Crippen LogP contribution >= 0.6 is 0 Å². The largest absolute Gasteiger partial charge is 0.396 e. The smallest absolute Gasteiger partial charge is 0.0433 e. The molecular formula is C17H20O. The summed E-state index contributed by atoms with van der Waals surface area (Å²) >= 11 is 0. The molecule has 94 valence electrons. The first-order valence-electron chi connectivity index (χ1n) is 6.57. The molecule has 0 saturated heterocycles. The van der Waals surface area contributed by atoms with E-state index in [1.165, 1.54) is 11.1 Å². The van der Waals surface area contributed by atoms with Gasteiger partial charge in [0, 0.05) is 6.61 Å². The Labute approximate surface area is 109 Å². The summed E-state index contributed by atoms with van der Waals surface area (Å²) in [6, 6.07) is 21.0. The predicted octanol–water partition coefficient (Wildman–Crippen LogP) is 3.47. The Morgan fingerprint density at radius 2 is 1.17 bits per heavy atom. The summed E-state index contributed by atoms with van der Waals surface area (Å²) in [5, 5.41) is 9.19. The predicted molar refractivity (Wildman–Crippen MR) is 75.5 cm³/mol. The monoisotopic (exact) mass is 240 g/mol. The Bertz CT molecular complexity index is 394. The Balaban J connectivity index is 2.00. The Hall–Kier alpha value is -1.60. The molecule has 0 atom stereocenters. The van der Waals surface area contributed by atoms with Crippen molar-refractivity contribution < 1.29 is 5.11 Å². The summed E-state index contributed by atoms with van der Waals surface area (Å²) in [5.74, 6) is 0.514. The second kappa shape index (κ2) is 6.97. The quantitative estimate of drug-likeness (QED) is 0.819. The fourth-order valence-corrected chi connectivity index (χ4v) is 2.35. The zero-order valence-electron chi connectivity index (χ0n) is 10.6. The molecule has 0 amide bonds. The van der Waals surface area contributed by atoms with Gasteiger partial charge in [-0.3, -0.25) is 0 Å². The summed E-state index contributed by atoms with van der Waals surface area (Å²) < 4.78 is 0. The van der Waals surface area contributed by atoms with Gasteiger partial charge in [0.05, 0.1) is 0 Å². The first kappa shape index (κ1) is 12.8. The first-order valence-corrected chi connectivity index (χ1v) is 6.57. The molecule has 18 heavy (non-hydrogen) atoms. The van der Waals surface area contributed by atoms with Gasteiger partial charge in [0.25, 0.3) is 0 Å². The highest BCUT2D eigenvalue weighted by Gasteiger charge is 2.10. The first-order chi connectivity index (χ1) is 8.88. The number of hydrogen-bond donors (Lipinski definition) is 1. The van der Waals surface area contributed by atoms with Crippen molar-refractivity contribution in [2.75, 3.05) is 6.61 Å². The van der Waals surface area contributed by atoms with Crippen molar-refractivity contribution in [3.63, 3.8) is 0 Å². The fourth-order valence-electron chi connectivity index (χ4n) is 2.35. The fraction of sp³-hybridized carbons (Fsp3) is 0.294. The lowest BCUT2D eigenvalue weighted by Crippen LogP contribution is -2.10. The van der Waals surface area contributed by atoms with Gasteiger partial charge in [-0.25, -0.2) is 0 Å². The van der Waals surface area contributed by atoms with E-state index >= 15 is 0 Å². The van der Waals surface area contributed by atoms with Crippen molar-refractivity contribution in [3.05, 3.63) is 71.8 Å². The highest BCUT2D eigenvalue weighted by atomic mass is 16.3. The standard InChI is InChI=1S/C17H20O/c18-12-11-17(13-15-7-3-1-4-8-15)14-16-9-5-2-6-10-16/h1-10,17-18H,11-14H2. The maximum absolute atomic E-state index is 9.19. The van der Waals surface area contributed by atoms with Gasteiger partial charge in [-0.2, -0.15) is 0 Å². The van der Waals surface area contributed by atoms with Crippen LogP contribution in [0, 0.1) is 5.92 Å². The topological polar surface area (TPSA) is 20.2 Å². The molecule has 2 aromatic carbocycles. The number of benzene rings is 2. The molecule has 0 heterocycles. The molecule has 0 radical (unpaired) electrons. The maximum Gasteiger partial charge on any atom is 0.0433 e. The minimum atomic E-state index is 0.268. The minimum Gasteiger partial charge on any atom is -0.396 e. The minimum absolute atomic E-state index is 0.268. The van der Waals surface area contributed by atoms with Crippen LogP contribution in [-0.4, -0.2) is 11.7 Å². The Kier molecular flexibility index (Phi) is 4.98. The van der Waals surface area contributed by atoms with E-state index in [1.54, 1.807) is 0 Å². The van der Waals surface area contributed by atoms with Gasteiger partial charge in [0.2, 0.25) is 0 Å². The number of aliphatic hydroxyl groups excluding tert-OH is 1. The van der Waals surface area contributed by atoms with Crippen LogP contribution in [0.2, 0.25) is 0 Å².